The molecular weight excluding hydrogens is 347 g/mol. The van der Waals surface area contributed by atoms with E-state index in [4.69, 9.17) is 0 Å². The van der Waals surface area contributed by atoms with E-state index in [9.17, 15) is 14.0 Å². The van der Waals surface area contributed by atoms with Gasteiger partial charge in [0, 0.05) is 36.6 Å². The molecular formula is C20H21FN4O2. The number of amides is 1. The van der Waals surface area contributed by atoms with E-state index in [1.807, 2.05) is 0 Å². The van der Waals surface area contributed by atoms with Crippen molar-refractivity contribution < 1.29 is 9.18 Å². The third-order valence-corrected chi connectivity index (χ3v) is 5.09. The molecule has 6 nitrogen and oxygen atoms in total. The van der Waals surface area contributed by atoms with Crippen molar-refractivity contribution in [3.8, 4) is 0 Å². The second-order valence-corrected chi connectivity index (χ2v) is 6.98. The van der Waals surface area contributed by atoms with Gasteiger partial charge in [-0.2, -0.15) is 5.10 Å². The largest absolute Gasteiger partial charge is 0.326 e. The first-order valence-electron chi connectivity index (χ1n) is 9.18. The van der Waals surface area contributed by atoms with E-state index in [2.05, 4.69) is 10.4 Å². The van der Waals surface area contributed by atoms with Gasteiger partial charge in [0.25, 0.3) is 5.56 Å². The highest BCUT2D eigenvalue weighted by molar-refractivity contribution is 5.91. The monoisotopic (exact) mass is 368 g/mol. The summed E-state index contributed by atoms with van der Waals surface area (Å²) in [6.07, 6.45) is 7.51. The Hall–Kier alpha value is -2.96. The number of benzene rings is 1. The topological polar surface area (TPSA) is 68.4 Å². The van der Waals surface area contributed by atoms with Gasteiger partial charge < -0.3 is 9.88 Å². The molecule has 2 aromatic heterocycles. The van der Waals surface area contributed by atoms with E-state index in [0.717, 1.165) is 42.5 Å². The van der Waals surface area contributed by atoms with Crippen molar-refractivity contribution >= 4 is 17.1 Å². The molecule has 3 aromatic rings. The highest BCUT2D eigenvalue weighted by Gasteiger charge is 2.19. The van der Waals surface area contributed by atoms with Gasteiger partial charge in [0.1, 0.15) is 11.3 Å². The lowest BCUT2D eigenvalue weighted by atomic mass is 9.97. The van der Waals surface area contributed by atoms with Crippen molar-refractivity contribution in [2.24, 2.45) is 0 Å². The van der Waals surface area contributed by atoms with Gasteiger partial charge in [0.15, 0.2) is 0 Å². The summed E-state index contributed by atoms with van der Waals surface area (Å²) in [6.45, 7) is 2.06. The maximum Gasteiger partial charge on any atom is 0.276 e. The lowest BCUT2D eigenvalue weighted by Crippen LogP contribution is -2.25. The van der Waals surface area contributed by atoms with Crippen LogP contribution in [-0.2, 0) is 24.2 Å². The summed E-state index contributed by atoms with van der Waals surface area (Å²) in [6, 6.07) is 4.27. The molecule has 0 unspecified atom stereocenters. The first-order chi connectivity index (χ1) is 13.0. The SMILES string of the molecule is Cc1ccc(F)cc1NC(=O)CCn1ccn2nc3c(c2c1=O)CCCC3. The van der Waals surface area contributed by atoms with Crippen LogP contribution in [0.15, 0.2) is 35.4 Å². The lowest BCUT2D eigenvalue weighted by molar-refractivity contribution is -0.116. The molecule has 2 heterocycles. The zero-order chi connectivity index (χ0) is 19.0. The van der Waals surface area contributed by atoms with E-state index in [1.54, 1.807) is 34.5 Å². The molecule has 0 saturated heterocycles. The Bertz CT molecular complexity index is 1080. The Morgan fingerprint density at radius 1 is 1.26 bits per heavy atom. The number of hydrogen-bond donors (Lipinski definition) is 1. The minimum Gasteiger partial charge on any atom is -0.326 e. The standard InChI is InChI=1S/C20H21FN4O2/c1-13-6-7-14(21)12-17(13)22-18(26)8-9-24-10-11-25-19(20(24)27)15-4-2-3-5-16(15)23-25/h6-7,10-12H,2-5,8-9H2,1H3,(H,22,26). The fraction of sp³-hybridized carbons (Fsp3) is 0.350. The summed E-state index contributed by atoms with van der Waals surface area (Å²) in [4.78, 5) is 25.1. The van der Waals surface area contributed by atoms with E-state index in [1.165, 1.54) is 12.1 Å². The van der Waals surface area contributed by atoms with Crippen LogP contribution in [-0.4, -0.2) is 20.1 Å². The Morgan fingerprint density at radius 3 is 2.93 bits per heavy atom. The van der Waals surface area contributed by atoms with E-state index in [0.29, 0.717) is 11.2 Å². The number of rotatable bonds is 4. The zero-order valence-corrected chi connectivity index (χ0v) is 15.2. The molecule has 1 aliphatic rings. The van der Waals surface area contributed by atoms with Gasteiger partial charge in [0.2, 0.25) is 5.91 Å². The van der Waals surface area contributed by atoms with Crippen LogP contribution in [0.4, 0.5) is 10.1 Å². The van der Waals surface area contributed by atoms with Crippen molar-refractivity contribution in [3.63, 3.8) is 0 Å². The summed E-state index contributed by atoms with van der Waals surface area (Å²) in [5, 5.41) is 7.22. The maximum absolute atomic E-state index is 13.4. The fourth-order valence-corrected chi connectivity index (χ4v) is 3.60. The van der Waals surface area contributed by atoms with Crippen LogP contribution in [0.3, 0.4) is 0 Å². The van der Waals surface area contributed by atoms with E-state index in [-0.39, 0.29) is 24.4 Å². The summed E-state index contributed by atoms with van der Waals surface area (Å²) in [5.41, 5.74) is 3.79. The number of anilines is 1. The van der Waals surface area contributed by atoms with E-state index >= 15 is 0 Å². The molecule has 1 aliphatic carbocycles. The molecule has 1 amide bonds. The quantitative estimate of drug-likeness (QED) is 0.770. The normalized spacial score (nSPS) is 13.6. The Morgan fingerprint density at radius 2 is 2.07 bits per heavy atom. The van der Waals surface area contributed by atoms with Gasteiger partial charge in [-0.25, -0.2) is 8.91 Å². The third kappa shape index (κ3) is 3.37. The number of nitrogens with zero attached hydrogens (tertiary/aromatic N) is 3. The number of carbonyl (C=O) groups excluding carboxylic acids is 1. The Kier molecular flexibility index (Phi) is 4.51. The van der Waals surface area contributed by atoms with Crippen LogP contribution in [0.2, 0.25) is 0 Å². The van der Waals surface area contributed by atoms with Crippen molar-refractivity contribution in [1.82, 2.24) is 14.2 Å². The van der Waals surface area contributed by atoms with Gasteiger partial charge in [-0.15, -0.1) is 0 Å². The lowest BCUT2D eigenvalue weighted by Gasteiger charge is -2.10. The Labute approximate surface area is 155 Å². The zero-order valence-electron chi connectivity index (χ0n) is 15.2. The van der Waals surface area contributed by atoms with Crippen LogP contribution < -0.4 is 10.9 Å². The van der Waals surface area contributed by atoms with Gasteiger partial charge in [0.05, 0.1) is 5.69 Å². The molecule has 7 heteroatoms. The van der Waals surface area contributed by atoms with Crippen LogP contribution in [0.25, 0.3) is 5.52 Å². The average Bonchev–Trinajstić information content (AvgIpc) is 3.03. The maximum atomic E-state index is 13.4. The predicted octanol–water partition coefficient (Wildman–Crippen LogP) is 2.85. The molecule has 0 radical (unpaired) electrons. The van der Waals surface area contributed by atoms with Crippen LogP contribution in [0.1, 0.15) is 36.1 Å². The van der Waals surface area contributed by atoms with Crippen LogP contribution in [0, 0.1) is 12.7 Å². The molecule has 0 atom stereocenters. The average molecular weight is 368 g/mol. The number of fused-ring (bicyclic) bond motifs is 3. The number of halogens is 1. The second kappa shape index (κ2) is 6.98. The molecule has 0 spiro atoms. The van der Waals surface area contributed by atoms with Crippen molar-refractivity contribution in [2.45, 2.75) is 45.6 Å². The number of carbonyl (C=O) groups is 1. The molecule has 1 aromatic carbocycles. The summed E-state index contributed by atoms with van der Waals surface area (Å²) in [5.74, 6) is -0.658. The number of aryl methyl sites for hydroxylation is 4. The van der Waals surface area contributed by atoms with Crippen molar-refractivity contribution in [3.05, 3.63) is 63.6 Å². The number of aromatic nitrogens is 3. The first-order valence-corrected chi connectivity index (χ1v) is 9.18. The molecule has 4 rings (SSSR count). The van der Waals surface area contributed by atoms with E-state index < -0.39 is 5.82 Å². The number of nitrogens with one attached hydrogen (secondary N) is 1. The molecule has 0 saturated carbocycles. The van der Waals surface area contributed by atoms with Crippen molar-refractivity contribution in [1.29, 1.82) is 0 Å². The molecule has 0 fully saturated rings. The predicted molar refractivity (Wildman–Crippen MR) is 100 cm³/mol. The minimum atomic E-state index is -0.400. The molecule has 1 N–H and O–H groups in total. The third-order valence-electron chi connectivity index (χ3n) is 5.09. The van der Waals surface area contributed by atoms with Crippen molar-refractivity contribution in [2.75, 3.05) is 5.32 Å². The molecule has 27 heavy (non-hydrogen) atoms. The summed E-state index contributed by atoms with van der Waals surface area (Å²) in [7, 11) is 0. The highest BCUT2D eigenvalue weighted by Crippen LogP contribution is 2.22. The number of hydrogen-bond acceptors (Lipinski definition) is 3. The second-order valence-electron chi connectivity index (χ2n) is 6.98. The van der Waals surface area contributed by atoms with Gasteiger partial charge >= 0.3 is 0 Å². The van der Waals surface area contributed by atoms with Gasteiger partial charge in [-0.05, 0) is 50.3 Å². The minimum absolute atomic E-state index is 0.122. The molecule has 0 bridgehead atoms. The molecule has 140 valence electrons. The molecule has 0 aliphatic heterocycles. The summed E-state index contributed by atoms with van der Waals surface area (Å²) >= 11 is 0. The Balaban J connectivity index is 1.52. The first kappa shape index (κ1) is 17.5. The smallest absolute Gasteiger partial charge is 0.276 e. The van der Waals surface area contributed by atoms with Gasteiger partial charge in [-0.1, -0.05) is 6.07 Å². The van der Waals surface area contributed by atoms with Gasteiger partial charge in [-0.3, -0.25) is 9.59 Å². The fourth-order valence-electron chi connectivity index (χ4n) is 3.60. The highest BCUT2D eigenvalue weighted by atomic mass is 19.1. The van der Waals surface area contributed by atoms with Crippen LogP contribution in [0.5, 0.6) is 0 Å². The van der Waals surface area contributed by atoms with Crippen LogP contribution >= 0.6 is 0 Å². The summed E-state index contributed by atoms with van der Waals surface area (Å²) < 4.78 is 16.6.